The molecule has 3 aromatic rings. The summed E-state index contributed by atoms with van der Waals surface area (Å²) < 4.78 is 0. The van der Waals surface area contributed by atoms with E-state index < -0.39 is 0 Å². The van der Waals surface area contributed by atoms with Gasteiger partial charge in [-0.15, -0.1) is 0 Å². The zero-order valence-corrected chi connectivity index (χ0v) is 18.2. The van der Waals surface area contributed by atoms with Crippen LogP contribution in [-0.4, -0.2) is 17.5 Å². The summed E-state index contributed by atoms with van der Waals surface area (Å²) in [6.45, 7) is 0. The van der Waals surface area contributed by atoms with Gasteiger partial charge >= 0.3 is 0 Å². The van der Waals surface area contributed by atoms with E-state index in [2.05, 4.69) is 12.1 Å². The summed E-state index contributed by atoms with van der Waals surface area (Å²) >= 11 is 0. The highest BCUT2D eigenvalue weighted by Gasteiger charge is 2.28. The summed E-state index contributed by atoms with van der Waals surface area (Å²) in [5.74, 6) is 0.295. The number of nitrogen functional groups attached to an aromatic ring is 2. The Hall–Kier alpha value is -4.25. The van der Waals surface area contributed by atoms with Crippen molar-refractivity contribution >= 4 is 29.6 Å². The maximum absolute atomic E-state index is 13.4. The molecule has 33 heavy (non-hydrogen) atoms. The molecule has 0 aromatic heterocycles. The summed E-state index contributed by atoms with van der Waals surface area (Å²) in [5, 5.41) is 15.1. The van der Waals surface area contributed by atoms with Crippen LogP contribution in [0, 0.1) is 10.8 Å². The van der Waals surface area contributed by atoms with Crippen molar-refractivity contribution in [3.8, 4) is 0 Å². The molecular formula is C28H26N4O. The van der Waals surface area contributed by atoms with E-state index in [-0.39, 0.29) is 23.4 Å². The number of ketones is 1. The third-order valence-electron chi connectivity index (χ3n) is 5.91. The van der Waals surface area contributed by atoms with Crippen LogP contribution in [0.4, 0.5) is 0 Å². The van der Waals surface area contributed by atoms with Gasteiger partial charge in [0.15, 0.2) is 5.78 Å². The summed E-state index contributed by atoms with van der Waals surface area (Å²) in [6, 6.07) is 25.0. The molecule has 3 aromatic carbocycles. The van der Waals surface area contributed by atoms with Crippen LogP contribution in [0.15, 0.2) is 90.0 Å². The lowest BCUT2D eigenvalue weighted by Crippen LogP contribution is -2.19. The fourth-order valence-corrected chi connectivity index (χ4v) is 4.12. The Morgan fingerprint density at radius 1 is 0.697 bits per heavy atom. The van der Waals surface area contributed by atoms with Crippen molar-refractivity contribution in [3.05, 3.63) is 118 Å². The highest BCUT2D eigenvalue weighted by molar-refractivity contribution is 6.14. The van der Waals surface area contributed by atoms with Crippen molar-refractivity contribution in [2.45, 2.75) is 18.8 Å². The second-order valence-corrected chi connectivity index (χ2v) is 8.26. The van der Waals surface area contributed by atoms with Crippen LogP contribution in [0.2, 0.25) is 0 Å². The second-order valence-electron chi connectivity index (χ2n) is 8.26. The number of hydrogen-bond donors (Lipinski definition) is 4. The van der Waals surface area contributed by atoms with Crippen LogP contribution in [0.3, 0.4) is 0 Å². The molecule has 0 amide bonds. The Labute approximate surface area is 193 Å². The van der Waals surface area contributed by atoms with Crippen molar-refractivity contribution in [2.24, 2.45) is 11.5 Å². The number of hydrogen-bond acceptors (Lipinski definition) is 3. The molecule has 6 N–H and O–H groups in total. The van der Waals surface area contributed by atoms with Crippen LogP contribution >= 0.6 is 0 Å². The number of nitrogens with two attached hydrogens (primary N) is 2. The first-order valence-corrected chi connectivity index (χ1v) is 10.8. The normalized spacial score (nSPS) is 18.4. The first-order valence-electron chi connectivity index (χ1n) is 10.8. The molecule has 0 spiro atoms. The third-order valence-corrected chi connectivity index (χ3v) is 5.91. The molecule has 1 saturated carbocycles. The van der Waals surface area contributed by atoms with Gasteiger partial charge in [0.1, 0.15) is 11.7 Å². The van der Waals surface area contributed by atoms with Crippen LogP contribution in [0.25, 0.3) is 12.2 Å². The topological polar surface area (TPSA) is 117 Å². The lowest BCUT2D eigenvalue weighted by molar-refractivity contribution is -0.113. The molecule has 1 fully saturated rings. The van der Waals surface area contributed by atoms with E-state index in [4.69, 9.17) is 22.3 Å². The Kier molecular flexibility index (Phi) is 6.31. The van der Waals surface area contributed by atoms with E-state index in [0.29, 0.717) is 24.0 Å². The number of allylic oxidation sites excluding steroid dienone is 2. The summed E-state index contributed by atoms with van der Waals surface area (Å²) in [4.78, 5) is 13.4. The Bertz CT molecular complexity index is 1170. The van der Waals surface area contributed by atoms with E-state index >= 15 is 0 Å². The quantitative estimate of drug-likeness (QED) is 0.261. The highest BCUT2D eigenvalue weighted by atomic mass is 16.1. The van der Waals surface area contributed by atoms with Crippen molar-refractivity contribution in [1.82, 2.24) is 0 Å². The Balaban J connectivity index is 1.70. The van der Waals surface area contributed by atoms with Crippen molar-refractivity contribution in [3.63, 3.8) is 0 Å². The number of carbonyl (C=O) groups excluding carboxylic acids is 1. The number of carbonyl (C=O) groups is 1. The maximum Gasteiger partial charge on any atom is 0.185 e. The first kappa shape index (κ1) is 22.0. The molecule has 1 aliphatic carbocycles. The zero-order chi connectivity index (χ0) is 23.4. The molecule has 1 aliphatic rings. The number of Topliss-reactive ketones (excluding diaryl/α,β-unsaturated/α-hetero) is 1. The molecule has 4 rings (SSSR count). The monoisotopic (exact) mass is 434 g/mol. The summed E-state index contributed by atoms with van der Waals surface area (Å²) in [5.41, 5.74) is 17.0. The lowest BCUT2D eigenvalue weighted by Gasteiger charge is -2.26. The molecule has 5 nitrogen and oxygen atoms in total. The zero-order valence-electron chi connectivity index (χ0n) is 18.2. The molecule has 0 aliphatic heterocycles. The molecule has 1 unspecified atom stereocenters. The molecule has 0 heterocycles. The molecule has 1 atom stereocenters. The fourth-order valence-electron chi connectivity index (χ4n) is 4.12. The molecular weight excluding hydrogens is 408 g/mol. The molecule has 5 heteroatoms. The third kappa shape index (κ3) is 5.15. The van der Waals surface area contributed by atoms with Gasteiger partial charge in [-0.2, -0.15) is 0 Å². The van der Waals surface area contributed by atoms with Gasteiger partial charge in [0, 0.05) is 22.3 Å². The van der Waals surface area contributed by atoms with Crippen LogP contribution in [-0.2, 0) is 4.79 Å². The molecule has 0 bridgehead atoms. The van der Waals surface area contributed by atoms with Gasteiger partial charge < -0.3 is 11.5 Å². The van der Waals surface area contributed by atoms with Gasteiger partial charge in [-0.1, -0.05) is 78.9 Å². The van der Waals surface area contributed by atoms with E-state index in [0.717, 1.165) is 22.3 Å². The Morgan fingerprint density at radius 3 is 1.52 bits per heavy atom. The van der Waals surface area contributed by atoms with Gasteiger partial charge in [-0.3, -0.25) is 15.6 Å². The van der Waals surface area contributed by atoms with E-state index in [9.17, 15) is 4.79 Å². The molecule has 164 valence electrons. The van der Waals surface area contributed by atoms with Crippen molar-refractivity contribution < 1.29 is 4.79 Å². The maximum atomic E-state index is 13.4. The first-order chi connectivity index (χ1) is 15.9. The van der Waals surface area contributed by atoms with Gasteiger partial charge in [0.25, 0.3) is 0 Å². The average Bonchev–Trinajstić information content (AvgIpc) is 2.82. The van der Waals surface area contributed by atoms with E-state index in [1.807, 2.05) is 54.6 Å². The minimum absolute atomic E-state index is 0.0214. The number of nitrogens with one attached hydrogen (secondary N) is 2. The van der Waals surface area contributed by atoms with Crippen molar-refractivity contribution in [2.75, 3.05) is 0 Å². The number of amidine groups is 2. The minimum Gasteiger partial charge on any atom is -0.384 e. The molecule has 0 saturated heterocycles. The number of rotatable bonds is 5. The number of benzene rings is 3. The average molecular weight is 435 g/mol. The van der Waals surface area contributed by atoms with E-state index in [1.165, 1.54) is 5.56 Å². The van der Waals surface area contributed by atoms with Gasteiger partial charge in [-0.05, 0) is 47.6 Å². The smallest absolute Gasteiger partial charge is 0.185 e. The largest absolute Gasteiger partial charge is 0.384 e. The van der Waals surface area contributed by atoms with Gasteiger partial charge in [0.05, 0.1) is 0 Å². The standard InChI is InChI=1S/C28H26N4O/c29-27(30)21-10-6-18(7-11-21)14-24-16-23(20-4-2-1-3-5-20)17-25(26(24)33)15-19-8-12-22(13-9-19)28(31)32/h1-15,23H,16-17H2,(H3,29,30)(H3,31,32)/b24-14-,25-15+. The van der Waals surface area contributed by atoms with E-state index in [1.54, 1.807) is 24.3 Å². The predicted octanol–water partition coefficient (Wildman–Crippen LogP) is 4.87. The second kappa shape index (κ2) is 9.49. The SMILES string of the molecule is N=C(N)c1ccc(/C=C2/CC(c3ccccc3)C/C(=C\c3ccc(C(=N)N)cc3)C2=O)cc1. The van der Waals surface area contributed by atoms with Crippen LogP contribution in [0.5, 0.6) is 0 Å². The minimum atomic E-state index is 0.0214. The molecule has 0 radical (unpaired) electrons. The Morgan fingerprint density at radius 2 is 1.12 bits per heavy atom. The van der Waals surface area contributed by atoms with Gasteiger partial charge in [-0.25, -0.2) is 0 Å². The van der Waals surface area contributed by atoms with Crippen LogP contribution in [0.1, 0.15) is 46.6 Å². The van der Waals surface area contributed by atoms with Crippen LogP contribution < -0.4 is 11.5 Å². The summed E-state index contributed by atoms with van der Waals surface area (Å²) in [6.07, 6.45) is 5.21. The summed E-state index contributed by atoms with van der Waals surface area (Å²) in [7, 11) is 0. The highest BCUT2D eigenvalue weighted by Crippen LogP contribution is 2.38. The van der Waals surface area contributed by atoms with Gasteiger partial charge in [0.2, 0.25) is 0 Å². The fraction of sp³-hybridized carbons (Fsp3) is 0.107. The lowest BCUT2D eigenvalue weighted by atomic mass is 9.76. The van der Waals surface area contributed by atoms with Crippen molar-refractivity contribution in [1.29, 1.82) is 10.8 Å². The predicted molar refractivity (Wildman–Crippen MR) is 134 cm³/mol.